The third-order valence-electron chi connectivity index (χ3n) is 6.11. The van der Waals surface area contributed by atoms with Crippen LogP contribution in [0.15, 0.2) is 47.4 Å². The summed E-state index contributed by atoms with van der Waals surface area (Å²) in [6, 6.07) is 10.3. The van der Waals surface area contributed by atoms with Gasteiger partial charge in [-0.15, -0.1) is 11.3 Å². The number of nitrogens with zero attached hydrogens (tertiary/aromatic N) is 3. The van der Waals surface area contributed by atoms with E-state index in [4.69, 9.17) is 4.98 Å². The lowest BCUT2D eigenvalue weighted by Crippen LogP contribution is -2.49. The van der Waals surface area contributed by atoms with Crippen LogP contribution >= 0.6 is 11.3 Å². The Morgan fingerprint density at radius 1 is 1.14 bits per heavy atom. The first-order valence-corrected chi connectivity index (χ1v) is 11.0. The second-order valence-corrected chi connectivity index (χ2v) is 9.60. The standard InChI is InChI=1S/C23H29N3OS/c1-16(2)14-18-20(23(18,3)4)21(27)25-10-12-26(13-11-25)22-24-19(15-28-22)17-8-6-5-7-9-17/h5-9,14-15,18,20H,10-13H2,1-4H3/t18-,20-/m1/s1. The molecule has 1 saturated heterocycles. The molecule has 1 aromatic carbocycles. The van der Waals surface area contributed by atoms with E-state index in [0.717, 1.165) is 42.6 Å². The SMILES string of the molecule is CC(C)=C[C@@H]1[C@H](C(=O)N2CCN(c3nc(-c4ccccc4)cs3)CC2)C1(C)C. The van der Waals surface area contributed by atoms with Crippen molar-refractivity contribution in [1.29, 1.82) is 0 Å². The van der Waals surface area contributed by atoms with Crippen LogP contribution in [-0.2, 0) is 4.79 Å². The summed E-state index contributed by atoms with van der Waals surface area (Å²) in [7, 11) is 0. The van der Waals surface area contributed by atoms with Gasteiger partial charge < -0.3 is 9.80 Å². The van der Waals surface area contributed by atoms with E-state index in [0.29, 0.717) is 11.8 Å². The number of anilines is 1. The zero-order valence-electron chi connectivity index (χ0n) is 17.2. The fourth-order valence-corrected chi connectivity index (χ4v) is 5.17. The number of thiazole rings is 1. The summed E-state index contributed by atoms with van der Waals surface area (Å²) in [5, 5.41) is 3.18. The maximum Gasteiger partial charge on any atom is 0.226 e. The van der Waals surface area contributed by atoms with Crippen molar-refractivity contribution in [2.75, 3.05) is 31.1 Å². The van der Waals surface area contributed by atoms with Crippen LogP contribution in [0, 0.1) is 17.3 Å². The summed E-state index contributed by atoms with van der Waals surface area (Å²) < 4.78 is 0. The molecule has 1 amide bonds. The average Bonchev–Trinajstić information content (AvgIpc) is 3.03. The second kappa shape index (κ2) is 7.36. The van der Waals surface area contributed by atoms with Crippen molar-refractivity contribution in [2.24, 2.45) is 17.3 Å². The summed E-state index contributed by atoms with van der Waals surface area (Å²) >= 11 is 1.69. The van der Waals surface area contributed by atoms with Gasteiger partial charge in [-0.2, -0.15) is 0 Å². The van der Waals surface area contributed by atoms with Crippen LogP contribution < -0.4 is 4.90 Å². The third-order valence-corrected chi connectivity index (χ3v) is 7.01. The minimum atomic E-state index is 0.0887. The number of piperazine rings is 1. The molecule has 2 atom stereocenters. The molecule has 0 radical (unpaired) electrons. The highest BCUT2D eigenvalue weighted by Crippen LogP contribution is 2.60. The van der Waals surface area contributed by atoms with Crippen molar-refractivity contribution in [2.45, 2.75) is 27.7 Å². The van der Waals surface area contributed by atoms with E-state index in [-0.39, 0.29) is 11.3 Å². The van der Waals surface area contributed by atoms with Crippen LogP contribution in [0.1, 0.15) is 27.7 Å². The van der Waals surface area contributed by atoms with Crippen molar-refractivity contribution in [1.82, 2.24) is 9.88 Å². The number of hydrogen-bond donors (Lipinski definition) is 0. The first-order chi connectivity index (χ1) is 13.4. The second-order valence-electron chi connectivity index (χ2n) is 8.76. The highest BCUT2D eigenvalue weighted by atomic mass is 32.1. The molecule has 2 aromatic rings. The zero-order valence-corrected chi connectivity index (χ0v) is 18.0. The van der Waals surface area contributed by atoms with Gasteiger partial charge in [0.15, 0.2) is 5.13 Å². The van der Waals surface area contributed by atoms with Crippen LogP contribution in [0.25, 0.3) is 11.3 Å². The monoisotopic (exact) mass is 395 g/mol. The fourth-order valence-electron chi connectivity index (χ4n) is 4.29. The van der Waals surface area contributed by atoms with E-state index in [1.807, 2.05) is 18.2 Å². The molecular formula is C23H29N3OS. The molecular weight excluding hydrogens is 366 g/mol. The Balaban J connectivity index is 1.37. The van der Waals surface area contributed by atoms with Gasteiger partial charge in [-0.05, 0) is 25.2 Å². The maximum absolute atomic E-state index is 13.1. The fraction of sp³-hybridized carbons (Fsp3) is 0.478. The van der Waals surface area contributed by atoms with E-state index < -0.39 is 0 Å². The predicted molar refractivity (Wildman–Crippen MR) is 117 cm³/mol. The number of aromatic nitrogens is 1. The van der Waals surface area contributed by atoms with E-state index in [9.17, 15) is 4.79 Å². The van der Waals surface area contributed by atoms with Crippen molar-refractivity contribution in [3.05, 3.63) is 47.4 Å². The van der Waals surface area contributed by atoms with Gasteiger partial charge in [0.1, 0.15) is 0 Å². The largest absolute Gasteiger partial charge is 0.345 e. The normalized spacial score (nSPS) is 23.4. The van der Waals surface area contributed by atoms with E-state index in [1.165, 1.54) is 5.57 Å². The molecule has 0 N–H and O–H groups in total. The smallest absolute Gasteiger partial charge is 0.226 e. The number of allylic oxidation sites excluding steroid dienone is 2. The van der Waals surface area contributed by atoms with E-state index >= 15 is 0 Å². The van der Waals surface area contributed by atoms with Crippen LogP contribution in [-0.4, -0.2) is 42.0 Å². The Morgan fingerprint density at radius 2 is 1.82 bits per heavy atom. The van der Waals surface area contributed by atoms with Gasteiger partial charge in [-0.1, -0.05) is 55.8 Å². The first-order valence-electron chi connectivity index (χ1n) is 10.1. The summed E-state index contributed by atoms with van der Waals surface area (Å²) in [5.41, 5.74) is 3.57. The quantitative estimate of drug-likeness (QED) is 0.704. The van der Waals surface area contributed by atoms with Crippen LogP contribution in [0.5, 0.6) is 0 Å². The number of carbonyl (C=O) groups excluding carboxylic acids is 1. The van der Waals surface area contributed by atoms with Crippen LogP contribution in [0.4, 0.5) is 5.13 Å². The molecule has 0 unspecified atom stereocenters. The molecule has 1 aromatic heterocycles. The molecule has 4 rings (SSSR count). The Morgan fingerprint density at radius 3 is 2.46 bits per heavy atom. The van der Waals surface area contributed by atoms with Gasteiger partial charge in [0.25, 0.3) is 0 Å². The zero-order chi connectivity index (χ0) is 19.9. The lowest BCUT2D eigenvalue weighted by molar-refractivity contribution is -0.133. The molecule has 1 aliphatic heterocycles. The summed E-state index contributed by atoms with van der Waals surface area (Å²) in [6.07, 6.45) is 2.28. The van der Waals surface area contributed by atoms with Gasteiger partial charge in [-0.3, -0.25) is 4.79 Å². The third kappa shape index (κ3) is 3.60. The van der Waals surface area contributed by atoms with E-state index in [1.54, 1.807) is 11.3 Å². The Kier molecular flexibility index (Phi) is 5.04. The Hall–Kier alpha value is -2.14. The maximum atomic E-state index is 13.1. The lowest BCUT2D eigenvalue weighted by atomic mass is 10.1. The van der Waals surface area contributed by atoms with Crippen molar-refractivity contribution >= 4 is 22.4 Å². The van der Waals surface area contributed by atoms with Crippen molar-refractivity contribution in [3.63, 3.8) is 0 Å². The van der Waals surface area contributed by atoms with E-state index in [2.05, 4.69) is 61.1 Å². The number of rotatable bonds is 4. The Labute approximate surface area is 171 Å². The predicted octanol–water partition coefficient (Wildman–Crippen LogP) is 4.70. The molecule has 2 aliphatic rings. The lowest BCUT2D eigenvalue weighted by Gasteiger charge is -2.35. The summed E-state index contributed by atoms with van der Waals surface area (Å²) in [5.74, 6) is 0.852. The van der Waals surface area contributed by atoms with Crippen molar-refractivity contribution < 1.29 is 4.79 Å². The highest BCUT2D eigenvalue weighted by molar-refractivity contribution is 7.14. The van der Waals surface area contributed by atoms with Gasteiger partial charge in [0.2, 0.25) is 5.91 Å². The number of benzene rings is 1. The van der Waals surface area contributed by atoms with Crippen molar-refractivity contribution in [3.8, 4) is 11.3 Å². The molecule has 2 heterocycles. The number of amides is 1. The van der Waals surface area contributed by atoms with Crippen LogP contribution in [0.3, 0.4) is 0 Å². The minimum Gasteiger partial charge on any atom is -0.345 e. The highest BCUT2D eigenvalue weighted by Gasteiger charge is 2.61. The van der Waals surface area contributed by atoms with Gasteiger partial charge in [-0.25, -0.2) is 4.98 Å². The number of hydrogen-bond acceptors (Lipinski definition) is 4. The molecule has 4 nitrogen and oxygen atoms in total. The molecule has 148 valence electrons. The van der Waals surface area contributed by atoms with Crippen LogP contribution in [0.2, 0.25) is 0 Å². The summed E-state index contributed by atoms with van der Waals surface area (Å²) in [6.45, 7) is 12.0. The molecule has 1 saturated carbocycles. The first kappa shape index (κ1) is 19.2. The average molecular weight is 396 g/mol. The topological polar surface area (TPSA) is 36.4 Å². The molecule has 2 fully saturated rings. The summed E-state index contributed by atoms with van der Waals surface area (Å²) in [4.78, 5) is 22.3. The number of carbonyl (C=O) groups is 1. The molecule has 1 aliphatic carbocycles. The molecule has 0 spiro atoms. The van der Waals surface area contributed by atoms with Gasteiger partial charge in [0.05, 0.1) is 11.6 Å². The molecule has 5 heteroatoms. The van der Waals surface area contributed by atoms with Gasteiger partial charge in [0, 0.05) is 37.1 Å². The van der Waals surface area contributed by atoms with Gasteiger partial charge >= 0.3 is 0 Å². The molecule has 28 heavy (non-hydrogen) atoms. The minimum absolute atomic E-state index is 0.0887. The Bertz CT molecular complexity index is 874. The molecule has 0 bridgehead atoms.